The van der Waals surface area contributed by atoms with Crippen molar-refractivity contribution in [1.82, 2.24) is 9.78 Å². The molecular formula is C13H15FIN3. The van der Waals surface area contributed by atoms with Crippen LogP contribution in [-0.2, 0) is 6.42 Å². The third-order valence-corrected chi connectivity index (χ3v) is 4.22. The van der Waals surface area contributed by atoms with Crippen LogP contribution in [0.2, 0.25) is 0 Å². The number of halogens is 2. The molecule has 1 unspecified atom stereocenters. The van der Waals surface area contributed by atoms with Crippen LogP contribution in [0.3, 0.4) is 0 Å². The first-order chi connectivity index (χ1) is 8.49. The Kier molecular flexibility index (Phi) is 3.89. The Morgan fingerprint density at radius 2 is 2.22 bits per heavy atom. The molecule has 2 N–H and O–H groups in total. The van der Waals surface area contributed by atoms with Gasteiger partial charge in [-0.3, -0.25) is 0 Å². The third-order valence-electron chi connectivity index (χ3n) is 2.88. The summed E-state index contributed by atoms with van der Waals surface area (Å²) >= 11 is 2.19. The molecule has 0 aliphatic heterocycles. The number of benzene rings is 1. The van der Waals surface area contributed by atoms with Gasteiger partial charge in [0.25, 0.3) is 0 Å². The minimum atomic E-state index is -0.209. The standard InChI is InChI=1S/C13H15FIN3/c1-8(6-10-4-3-5-11(14)7-10)18-13(16)12(15)9(2)17-18/h3-5,7-8H,6,16H2,1-2H3. The third kappa shape index (κ3) is 2.66. The summed E-state index contributed by atoms with van der Waals surface area (Å²) in [6.07, 6.45) is 0.707. The number of anilines is 1. The zero-order valence-electron chi connectivity index (χ0n) is 10.3. The Hall–Kier alpha value is -1.11. The second-order valence-corrected chi connectivity index (χ2v) is 5.49. The lowest BCUT2D eigenvalue weighted by atomic mass is 10.1. The smallest absolute Gasteiger partial charge is 0.135 e. The van der Waals surface area contributed by atoms with Gasteiger partial charge in [0, 0.05) is 0 Å². The van der Waals surface area contributed by atoms with Gasteiger partial charge in [0.05, 0.1) is 15.3 Å². The number of nitrogens with zero attached hydrogens (tertiary/aromatic N) is 2. The van der Waals surface area contributed by atoms with Crippen LogP contribution in [0, 0.1) is 16.3 Å². The molecule has 0 bridgehead atoms. The average Bonchev–Trinajstić information content (AvgIpc) is 2.57. The molecule has 1 aromatic heterocycles. The second kappa shape index (κ2) is 5.26. The van der Waals surface area contributed by atoms with Gasteiger partial charge in [0.1, 0.15) is 11.6 Å². The monoisotopic (exact) mass is 359 g/mol. The maximum absolute atomic E-state index is 13.1. The van der Waals surface area contributed by atoms with Crippen molar-refractivity contribution in [3.05, 3.63) is 44.9 Å². The number of nitrogens with two attached hydrogens (primary N) is 1. The zero-order valence-corrected chi connectivity index (χ0v) is 12.5. The summed E-state index contributed by atoms with van der Waals surface area (Å²) in [6, 6.07) is 6.74. The normalized spacial score (nSPS) is 12.7. The van der Waals surface area contributed by atoms with Gasteiger partial charge in [0.2, 0.25) is 0 Å². The van der Waals surface area contributed by atoms with Crippen LogP contribution in [0.4, 0.5) is 10.2 Å². The first-order valence-corrected chi connectivity index (χ1v) is 6.81. The van der Waals surface area contributed by atoms with Gasteiger partial charge < -0.3 is 5.73 Å². The van der Waals surface area contributed by atoms with E-state index in [1.807, 2.05) is 24.6 Å². The van der Waals surface area contributed by atoms with Crippen LogP contribution in [-0.4, -0.2) is 9.78 Å². The zero-order chi connectivity index (χ0) is 13.3. The molecule has 1 aromatic carbocycles. The van der Waals surface area contributed by atoms with Crippen molar-refractivity contribution >= 4 is 28.4 Å². The lowest BCUT2D eigenvalue weighted by Gasteiger charge is -2.14. The fraction of sp³-hybridized carbons (Fsp3) is 0.308. The van der Waals surface area contributed by atoms with Crippen molar-refractivity contribution in [1.29, 1.82) is 0 Å². The molecule has 2 aromatic rings. The van der Waals surface area contributed by atoms with E-state index in [4.69, 9.17) is 5.73 Å². The molecule has 3 nitrogen and oxygen atoms in total. The van der Waals surface area contributed by atoms with E-state index in [0.717, 1.165) is 14.8 Å². The van der Waals surface area contributed by atoms with Crippen LogP contribution in [0.5, 0.6) is 0 Å². The van der Waals surface area contributed by atoms with E-state index in [0.29, 0.717) is 12.2 Å². The van der Waals surface area contributed by atoms with E-state index in [1.165, 1.54) is 6.07 Å². The number of hydrogen-bond donors (Lipinski definition) is 1. The van der Waals surface area contributed by atoms with Gasteiger partial charge in [-0.05, 0) is 60.6 Å². The maximum atomic E-state index is 13.1. The van der Waals surface area contributed by atoms with Crippen molar-refractivity contribution in [3.8, 4) is 0 Å². The molecule has 18 heavy (non-hydrogen) atoms. The van der Waals surface area contributed by atoms with Crippen LogP contribution >= 0.6 is 22.6 Å². The molecule has 5 heteroatoms. The van der Waals surface area contributed by atoms with E-state index in [-0.39, 0.29) is 11.9 Å². The number of rotatable bonds is 3. The molecule has 0 fully saturated rings. The summed E-state index contributed by atoms with van der Waals surface area (Å²) in [6.45, 7) is 3.97. The van der Waals surface area contributed by atoms with Crippen molar-refractivity contribution in [2.75, 3.05) is 5.73 Å². The average molecular weight is 359 g/mol. The maximum Gasteiger partial charge on any atom is 0.135 e. The molecule has 0 radical (unpaired) electrons. The summed E-state index contributed by atoms with van der Waals surface area (Å²) in [7, 11) is 0. The van der Waals surface area contributed by atoms with Crippen LogP contribution in [0.25, 0.3) is 0 Å². The first-order valence-electron chi connectivity index (χ1n) is 5.73. The predicted molar refractivity (Wildman–Crippen MR) is 78.9 cm³/mol. The highest BCUT2D eigenvalue weighted by Gasteiger charge is 2.15. The van der Waals surface area contributed by atoms with Crippen LogP contribution in [0.1, 0.15) is 24.2 Å². The number of aryl methyl sites for hydroxylation is 1. The van der Waals surface area contributed by atoms with E-state index < -0.39 is 0 Å². The van der Waals surface area contributed by atoms with E-state index >= 15 is 0 Å². The van der Waals surface area contributed by atoms with Gasteiger partial charge in [0.15, 0.2) is 0 Å². The molecule has 0 spiro atoms. The molecule has 0 aliphatic rings. The molecule has 96 valence electrons. The number of nitrogen functional groups attached to an aromatic ring is 1. The van der Waals surface area contributed by atoms with Crippen LogP contribution in [0.15, 0.2) is 24.3 Å². The summed E-state index contributed by atoms with van der Waals surface area (Å²) in [5.41, 5.74) is 7.89. The van der Waals surface area contributed by atoms with Gasteiger partial charge in [-0.1, -0.05) is 12.1 Å². The minimum Gasteiger partial charge on any atom is -0.383 e. The van der Waals surface area contributed by atoms with E-state index in [2.05, 4.69) is 27.7 Å². The van der Waals surface area contributed by atoms with Crippen LogP contribution < -0.4 is 5.73 Å². The van der Waals surface area contributed by atoms with Crippen molar-refractivity contribution in [2.24, 2.45) is 0 Å². The number of aromatic nitrogens is 2. The topological polar surface area (TPSA) is 43.8 Å². The second-order valence-electron chi connectivity index (χ2n) is 4.41. The highest BCUT2D eigenvalue weighted by molar-refractivity contribution is 14.1. The lowest BCUT2D eigenvalue weighted by molar-refractivity contribution is 0.492. The Balaban J connectivity index is 2.22. The van der Waals surface area contributed by atoms with E-state index in [9.17, 15) is 4.39 Å². The Morgan fingerprint density at radius 1 is 1.50 bits per heavy atom. The molecule has 1 heterocycles. The van der Waals surface area contributed by atoms with Gasteiger partial charge in [-0.2, -0.15) is 5.10 Å². The summed E-state index contributed by atoms with van der Waals surface area (Å²) in [5, 5.41) is 4.42. The Morgan fingerprint density at radius 3 is 2.78 bits per heavy atom. The summed E-state index contributed by atoms with van der Waals surface area (Å²) in [5.74, 6) is 0.468. The quantitative estimate of drug-likeness (QED) is 0.855. The highest BCUT2D eigenvalue weighted by atomic mass is 127. The lowest BCUT2D eigenvalue weighted by Crippen LogP contribution is -2.13. The first kappa shape index (κ1) is 13.3. The number of hydrogen-bond acceptors (Lipinski definition) is 2. The summed E-state index contributed by atoms with van der Waals surface area (Å²) in [4.78, 5) is 0. The van der Waals surface area contributed by atoms with Gasteiger partial charge in [-0.15, -0.1) is 0 Å². The fourth-order valence-corrected chi connectivity index (χ4v) is 2.33. The molecular weight excluding hydrogens is 344 g/mol. The Labute approximate surface area is 119 Å². The molecule has 0 aliphatic carbocycles. The van der Waals surface area contributed by atoms with Gasteiger partial charge >= 0.3 is 0 Å². The molecule has 0 saturated carbocycles. The molecule has 2 rings (SSSR count). The molecule has 0 amide bonds. The SMILES string of the molecule is Cc1nn(C(C)Cc2cccc(F)c2)c(N)c1I. The minimum absolute atomic E-state index is 0.106. The predicted octanol–water partition coefficient (Wildman–Crippen LogP) is 3.32. The van der Waals surface area contributed by atoms with Gasteiger partial charge in [-0.25, -0.2) is 9.07 Å². The van der Waals surface area contributed by atoms with Crippen molar-refractivity contribution < 1.29 is 4.39 Å². The van der Waals surface area contributed by atoms with Crippen molar-refractivity contribution in [2.45, 2.75) is 26.3 Å². The van der Waals surface area contributed by atoms with Crippen molar-refractivity contribution in [3.63, 3.8) is 0 Å². The largest absolute Gasteiger partial charge is 0.383 e. The highest BCUT2D eigenvalue weighted by Crippen LogP contribution is 2.24. The Bertz CT molecular complexity index is 565. The summed E-state index contributed by atoms with van der Waals surface area (Å²) < 4.78 is 15.9. The van der Waals surface area contributed by atoms with E-state index in [1.54, 1.807) is 12.1 Å². The molecule has 1 atom stereocenters. The fourth-order valence-electron chi connectivity index (χ4n) is 1.97. The molecule has 0 saturated heterocycles.